The molecule has 1 atom stereocenters. The first kappa shape index (κ1) is 11.5. The number of hydrogen-bond acceptors (Lipinski definition) is 5. The molecular weight excluding hydrogens is 210 g/mol. The summed E-state index contributed by atoms with van der Waals surface area (Å²) < 4.78 is 10.6. The largest absolute Gasteiger partial charge is 0.394 e. The Balaban J connectivity index is 1.98. The normalized spacial score (nSPS) is 18.9. The first-order valence-electron chi connectivity index (χ1n) is 5.26. The second-order valence-electron chi connectivity index (χ2n) is 3.71. The summed E-state index contributed by atoms with van der Waals surface area (Å²) in [4.78, 5) is 4.21. The van der Waals surface area contributed by atoms with Crippen molar-refractivity contribution in [2.75, 3.05) is 19.8 Å². The topological polar surface area (TPSA) is 71.8 Å². The van der Waals surface area contributed by atoms with Crippen molar-refractivity contribution in [3.8, 4) is 0 Å². The molecule has 0 saturated carbocycles. The van der Waals surface area contributed by atoms with Gasteiger partial charge < -0.3 is 19.7 Å². The highest BCUT2D eigenvalue weighted by atomic mass is 16.7. The predicted octanol–water partition coefficient (Wildman–Crippen LogP) is 0.0227. The smallest absolute Gasteiger partial charge is 0.201 e. The number of aliphatic hydroxyl groups excluding tert-OH is 2. The van der Waals surface area contributed by atoms with Crippen LogP contribution in [0, 0.1) is 0 Å². The zero-order valence-electron chi connectivity index (χ0n) is 8.87. The van der Waals surface area contributed by atoms with E-state index in [1.165, 1.54) is 0 Å². The van der Waals surface area contributed by atoms with Gasteiger partial charge in [-0.05, 0) is 11.6 Å². The maximum absolute atomic E-state index is 9.27. The van der Waals surface area contributed by atoms with Gasteiger partial charge in [-0.25, -0.2) is 0 Å². The van der Waals surface area contributed by atoms with Crippen molar-refractivity contribution in [3.05, 3.63) is 29.6 Å². The highest BCUT2D eigenvalue weighted by Crippen LogP contribution is 2.21. The molecule has 1 fully saturated rings. The van der Waals surface area contributed by atoms with Gasteiger partial charge in [0.25, 0.3) is 0 Å². The number of aliphatic hydroxyl groups is 2. The number of ether oxygens (including phenoxy) is 2. The minimum atomic E-state index is -0.730. The van der Waals surface area contributed by atoms with E-state index in [0.717, 1.165) is 11.3 Å². The van der Waals surface area contributed by atoms with Crippen molar-refractivity contribution < 1.29 is 19.7 Å². The molecule has 1 unspecified atom stereocenters. The molecule has 1 aromatic rings. The summed E-state index contributed by atoms with van der Waals surface area (Å²) >= 11 is 0. The SMILES string of the molecule is OCC(O)Cc1ccc(C2OCCO2)nc1. The highest BCUT2D eigenvalue weighted by molar-refractivity contribution is 5.15. The Morgan fingerprint density at radius 1 is 1.38 bits per heavy atom. The monoisotopic (exact) mass is 225 g/mol. The van der Waals surface area contributed by atoms with E-state index in [0.29, 0.717) is 19.6 Å². The Labute approximate surface area is 93.7 Å². The number of nitrogens with zero attached hydrogens (tertiary/aromatic N) is 1. The lowest BCUT2D eigenvalue weighted by atomic mass is 10.1. The Bertz CT molecular complexity index is 321. The van der Waals surface area contributed by atoms with Crippen LogP contribution in [-0.2, 0) is 15.9 Å². The van der Waals surface area contributed by atoms with E-state index in [2.05, 4.69) is 4.98 Å². The van der Waals surface area contributed by atoms with Gasteiger partial charge in [-0.15, -0.1) is 0 Å². The fraction of sp³-hybridized carbons (Fsp3) is 0.545. The number of hydrogen-bond donors (Lipinski definition) is 2. The predicted molar refractivity (Wildman–Crippen MR) is 55.7 cm³/mol. The summed E-state index contributed by atoms with van der Waals surface area (Å²) in [6.45, 7) is 0.950. The molecule has 5 nitrogen and oxygen atoms in total. The van der Waals surface area contributed by atoms with E-state index in [4.69, 9.17) is 14.6 Å². The van der Waals surface area contributed by atoms with E-state index in [1.54, 1.807) is 6.20 Å². The van der Waals surface area contributed by atoms with Crippen molar-refractivity contribution in [1.82, 2.24) is 4.98 Å². The zero-order valence-corrected chi connectivity index (χ0v) is 8.87. The van der Waals surface area contributed by atoms with Crippen molar-refractivity contribution in [3.63, 3.8) is 0 Å². The Kier molecular flexibility index (Phi) is 3.84. The third-order valence-electron chi connectivity index (χ3n) is 2.39. The molecule has 1 aromatic heterocycles. The standard InChI is InChI=1S/C11H15NO4/c13-7-9(14)5-8-1-2-10(12-6-8)11-15-3-4-16-11/h1-2,6,9,11,13-14H,3-5,7H2. The van der Waals surface area contributed by atoms with Gasteiger partial charge in [0, 0.05) is 12.6 Å². The van der Waals surface area contributed by atoms with Crippen LogP contribution in [0.25, 0.3) is 0 Å². The molecule has 1 saturated heterocycles. The van der Waals surface area contributed by atoms with Crippen LogP contribution in [-0.4, -0.2) is 41.1 Å². The number of aromatic nitrogens is 1. The van der Waals surface area contributed by atoms with Gasteiger partial charge >= 0.3 is 0 Å². The first-order valence-corrected chi connectivity index (χ1v) is 5.26. The van der Waals surface area contributed by atoms with Crippen molar-refractivity contribution >= 4 is 0 Å². The molecule has 16 heavy (non-hydrogen) atoms. The molecular formula is C11H15NO4. The molecule has 5 heteroatoms. The average Bonchev–Trinajstić information content (AvgIpc) is 2.83. The molecule has 88 valence electrons. The lowest BCUT2D eigenvalue weighted by Crippen LogP contribution is -2.15. The van der Waals surface area contributed by atoms with Gasteiger partial charge in [0.15, 0.2) is 0 Å². The van der Waals surface area contributed by atoms with Crippen LogP contribution in [0.5, 0.6) is 0 Å². The second-order valence-corrected chi connectivity index (χ2v) is 3.71. The van der Waals surface area contributed by atoms with Gasteiger partial charge in [-0.3, -0.25) is 4.98 Å². The van der Waals surface area contributed by atoms with E-state index < -0.39 is 6.10 Å². The Hall–Kier alpha value is -1.01. The quantitative estimate of drug-likeness (QED) is 0.756. The molecule has 0 spiro atoms. The Morgan fingerprint density at radius 3 is 2.69 bits per heavy atom. The lowest BCUT2D eigenvalue weighted by Gasteiger charge is -2.10. The summed E-state index contributed by atoms with van der Waals surface area (Å²) in [5.41, 5.74) is 1.61. The molecule has 0 aliphatic carbocycles. The molecule has 0 bridgehead atoms. The molecule has 2 heterocycles. The summed E-state index contributed by atoms with van der Waals surface area (Å²) in [5.74, 6) is 0. The third-order valence-corrected chi connectivity index (χ3v) is 2.39. The summed E-state index contributed by atoms with van der Waals surface area (Å²) in [5, 5.41) is 18.0. The molecule has 0 amide bonds. The molecule has 0 radical (unpaired) electrons. The molecule has 1 aliphatic heterocycles. The van der Waals surface area contributed by atoms with Gasteiger partial charge in [-0.2, -0.15) is 0 Å². The maximum atomic E-state index is 9.27. The van der Waals surface area contributed by atoms with E-state index in [9.17, 15) is 5.11 Å². The summed E-state index contributed by atoms with van der Waals surface area (Å²) in [7, 11) is 0. The van der Waals surface area contributed by atoms with Gasteiger partial charge in [0.1, 0.15) is 0 Å². The van der Waals surface area contributed by atoms with Gasteiger partial charge in [0.2, 0.25) is 6.29 Å². The minimum Gasteiger partial charge on any atom is -0.394 e. The van der Waals surface area contributed by atoms with Crippen molar-refractivity contribution in [2.24, 2.45) is 0 Å². The number of pyridine rings is 1. The average molecular weight is 225 g/mol. The lowest BCUT2D eigenvalue weighted by molar-refractivity contribution is -0.0473. The van der Waals surface area contributed by atoms with E-state index in [1.807, 2.05) is 12.1 Å². The zero-order chi connectivity index (χ0) is 11.4. The second kappa shape index (κ2) is 5.36. The van der Waals surface area contributed by atoms with Gasteiger partial charge in [-0.1, -0.05) is 6.07 Å². The van der Waals surface area contributed by atoms with Crippen LogP contribution in [0.2, 0.25) is 0 Å². The summed E-state index contributed by atoms with van der Waals surface area (Å²) in [6.07, 6.45) is 0.971. The summed E-state index contributed by atoms with van der Waals surface area (Å²) in [6, 6.07) is 3.67. The fourth-order valence-corrected chi connectivity index (χ4v) is 1.56. The minimum absolute atomic E-state index is 0.239. The van der Waals surface area contributed by atoms with Crippen LogP contribution < -0.4 is 0 Å². The maximum Gasteiger partial charge on any atom is 0.201 e. The first-order chi connectivity index (χ1) is 7.79. The van der Waals surface area contributed by atoms with Crippen LogP contribution in [0.15, 0.2) is 18.3 Å². The molecule has 2 rings (SSSR count). The van der Waals surface area contributed by atoms with E-state index >= 15 is 0 Å². The fourth-order valence-electron chi connectivity index (χ4n) is 1.56. The van der Waals surface area contributed by atoms with Gasteiger partial charge in [0.05, 0.1) is 31.6 Å². The number of rotatable bonds is 4. The van der Waals surface area contributed by atoms with Crippen LogP contribution in [0.1, 0.15) is 17.5 Å². The van der Waals surface area contributed by atoms with Crippen LogP contribution in [0.3, 0.4) is 0 Å². The van der Waals surface area contributed by atoms with Crippen molar-refractivity contribution in [1.29, 1.82) is 0 Å². The van der Waals surface area contributed by atoms with Crippen LogP contribution >= 0.6 is 0 Å². The molecule has 0 aromatic carbocycles. The van der Waals surface area contributed by atoms with Crippen molar-refractivity contribution in [2.45, 2.75) is 18.8 Å². The molecule has 1 aliphatic rings. The third kappa shape index (κ3) is 2.76. The van der Waals surface area contributed by atoms with Crippen LogP contribution in [0.4, 0.5) is 0 Å². The van der Waals surface area contributed by atoms with E-state index in [-0.39, 0.29) is 12.9 Å². The Morgan fingerprint density at radius 2 is 2.12 bits per heavy atom. The highest BCUT2D eigenvalue weighted by Gasteiger charge is 2.19. The molecule has 2 N–H and O–H groups in total.